The molecule has 2 unspecified atom stereocenters. The van der Waals surface area contributed by atoms with Gasteiger partial charge in [0.05, 0.1) is 6.61 Å². The van der Waals surface area contributed by atoms with Crippen molar-refractivity contribution in [3.8, 4) is 0 Å². The number of nitrogens with two attached hydrogens (primary N) is 1. The number of hydrogen-bond donors (Lipinski definition) is 4. The molecule has 2 saturated heterocycles. The van der Waals surface area contributed by atoms with Crippen LogP contribution < -0.4 is 27.6 Å². The Kier molecular flexibility index (Phi) is 4.93. The average Bonchev–Trinajstić information content (AvgIpc) is 3.10. The Hall–Kier alpha value is -0.710. The maximum absolute atomic E-state index is 12.3. The lowest BCUT2D eigenvalue weighted by molar-refractivity contribution is -0.0571. The van der Waals surface area contributed by atoms with Crippen LogP contribution in [0.3, 0.4) is 0 Å². The number of H-pyrrole nitrogens is 1. The van der Waals surface area contributed by atoms with Crippen LogP contribution in [0.15, 0.2) is 9.79 Å². The number of aromatic amines is 1. The van der Waals surface area contributed by atoms with Crippen LogP contribution in [0.5, 0.6) is 0 Å². The van der Waals surface area contributed by atoms with Gasteiger partial charge in [-0.1, -0.05) is 0 Å². The minimum Gasteiger partial charge on any atom is -0.394 e. The number of alkyl halides is 1. The van der Waals surface area contributed by atoms with Crippen molar-refractivity contribution < 1.29 is 22.4 Å². The molecule has 0 aliphatic carbocycles. The van der Waals surface area contributed by atoms with Gasteiger partial charge in [-0.3, -0.25) is 8.37 Å². The van der Waals surface area contributed by atoms with Crippen LogP contribution in [0, 0.1) is 0 Å². The molecule has 0 spiro atoms. The Labute approximate surface area is 156 Å². The van der Waals surface area contributed by atoms with Crippen molar-refractivity contribution in [2.24, 2.45) is 10.7 Å². The van der Waals surface area contributed by atoms with Gasteiger partial charge in [0.25, 0.3) is 0 Å². The summed E-state index contributed by atoms with van der Waals surface area (Å²) in [6.45, 7) is -0.360. The molecule has 14 heteroatoms. The molecule has 0 amide bonds. The molecule has 134 valence electrons. The molecular formula is C10H13ClIN5O6S. The summed E-state index contributed by atoms with van der Waals surface area (Å²) in [5.41, 5.74) is 5.67. The summed E-state index contributed by atoms with van der Waals surface area (Å²) >= 11 is 0.0608. The Morgan fingerprint density at radius 2 is 2.12 bits per heavy atom. The van der Waals surface area contributed by atoms with Gasteiger partial charge in [0.2, 0.25) is 0 Å². The number of ether oxygens (including phenoxy) is 1. The molecule has 1 aromatic rings. The Morgan fingerprint density at radius 1 is 1.42 bits per heavy atom. The molecule has 6 atom stereocenters. The van der Waals surface area contributed by atoms with E-state index in [1.165, 1.54) is 4.57 Å². The van der Waals surface area contributed by atoms with E-state index in [0.29, 0.717) is 10.8 Å². The topological polar surface area (TPSA) is 153 Å². The fraction of sp³-hybridized carbons (Fsp3) is 0.600. The number of aromatic nitrogens is 2. The average molecular weight is 494 g/mol. The zero-order valence-electron chi connectivity index (χ0n) is 11.7. The number of fused-ring (bicyclic) bond motifs is 2. The quantitative estimate of drug-likeness (QED) is 0.191. The molecule has 4 rings (SSSR count). The third-order valence-corrected chi connectivity index (χ3v) is 5.13. The monoisotopic (exact) mass is 493 g/mol. The van der Waals surface area contributed by atoms with Crippen molar-refractivity contribution in [2.45, 2.75) is 28.7 Å². The lowest BCUT2D eigenvalue weighted by Gasteiger charge is -2.18. The fourth-order valence-corrected chi connectivity index (χ4v) is 4.26. The van der Waals surface area contributed by atoms with Gasteiger partial charge < -0.3 is 25.9 Å². The summed E-state index contributed by atoms with van der Waals surface area (Å²) in [7, 11) is 0. The van der Waals surface area contributed by atoms with Crippen LogP contribution in [0.1, 0.15) is 6.23 Å². The molecule has 0 radical (unpaired) electrons. The smallest absolute Gasteiger partial charge is 0.330 e. The number of rotatable bonds is 2. The van der Waals surface area contributed by atoms with E-state index in [2.05, 4.69) is 15.3 Å². The number of nitrogens with zero attached hydrogens (tertiary/aromatic N) is 2. The van der Waals surface area contributed by atoms with Gasteiger partial charge in [-0.2, -0.15) is 4.21 Å². The summed E-state index contributed by atoms with van der Waals surface area (Å²) in [6, 6.07) is 0. The Balaban J connectivity index is 0.00000169. The Morgan fingerprint density at radius 3 is 2.83 bits per heavy atom. The number of hydrogen-bond acceptors (Lipinski definition) is 9. The first-order valence-electron chi connectivity index (χ1n) is 6.60. The SMILES string of the molecule is Cl.NC1=c2[nH]c(=O)n([C@@H]3O[C@H](CO)[C@H]4OS(=O)O[C@H]43)c2=NC(I)N1. The second-order valence-electron chi connectivity index (χ2n) is 5.10. The molecule has 24 heavy (non-hydrogen) atoms. The highest BCUT2D eigenvalue weighted by molar-refractivity contribution is 14.1. The van der Waals surface area contributed by atoms with Crippen molar-refractivity contribution in [1.82, 2.24) is 14.9 Å². The van der Waals surface area contributed by atoms with Crippen LogP contribution in [-0.4, -0.2) is 48.0 Å². The third kappa shape index (κ3) is 2.67. The third-order valence-electron chi connectivity index (χ3n) is 3.78. The van der Waals surface area contributed by atoms with E-state index in [1.54, 1.807) is 0 Å². The van der Waals surface area contributed by atoms with E-state index in [-0.39, 0.29) is 29.0 Å². The summed E-state index contributed by atoms with van der Waals surface area (Å²) in [5.74, 6) is 0.283. The minimum absolute atomic E-state index is 0. The first-order valence-corrected chi connectivity index (χ1v) is 8.85. The van der Waals surface area contributed by atoms with Gasteiger partial charge in [-0.15, -0.1) is 12.4 Å². The van der Waals surface area contributed by atoms with E-state index in [4.69, 9.17) is 18.8 Å². The molecule has 1 aromatic heterocycles. The molecule has 0 bridgehead atoms. The highest BCUT2D eigenvalue weighted by atomic mass is 127. The normalized spacial score (nSPS) is 37.2. The summed E-state index contributed by atoms with van der Waals surface area (Å²) in [4.78, 5) is 19.3. The lowest BCUT2D eigenvalue weighted by atomic mass is 10.1. The number of aliphatic hydroxyl groups is 1. The van der Waals surface area contributed by atoms with Gasteiger partial charge in [0.1, 0.15) is 23.4 Å². The summed E-state index contributed by atoms with van der Waals surface area (Å²) in [6.07, 6.45) is -3.23. The van der Waals surface area contributed by atoms with Crippen LogP contribution >= 0.6 is 35.0 Å². The predicted molar refractivity (Wildman–Crippen MR) is 90.5 cm³/mol. The van der Waals surface area contributed by atoms with Crippen molar-refractivity contribution >= 4 is 52.2 Å². The number of aliphatic hydroxyl groups excluding tert-OH is 1. The largest absolute Gasteiger partial charge is 0.394 e. The van der Waals surface area contributed by atoms with Crippen LogP contribution in [0.2, 0.25) is 0 Å². The zero-order chi connectivity index (χ0) is 16.3. The molecule has 3 aliphatic heterocycles. The van der Waals surface area contributed by atoms with E-state index >= 15 is 0 Å². The second-order valence-corrected chi connectivity index (χ2v) is 7.07. The summed E-state index contributed by atoms with van der Waals surface area (Å²) < 4.78 is 28.3. The highest BCUT2D eigenvalue weighted by Crippen LogP contribution is 2.37. The van der Waals surface area contributed by atoms with Crippen LogP contribution in [0.25, 0.3) is 5.82 Å². The molecule has 0 aromatic carbocycles. The molecule has 11 nitrogen and oxygen atoms in total. The number of imidazole rings is 1. The maximum atomic E-state index is 12.3. The van der Waals surface area contributed by atoms with Crippen molar-refractivity contribution in [3.63, 3.8) is 0 Å². The molecule has 4 heterocycles. The van der Waals surface area contributed by atoms with Gasteiger partial charge >= 0.3 is 17.1 Å². The molecule has 2 fully saturated rings. The first-order chi connectivity index (χ1) is 11.0. The number of nitrogens with one attached hydrogen (secondary N) is 2. The summed E-state index contributed by atoms with van der Waals surface area (Å²) in [5, 5.41) is 12.6. The van der Waals surface area contributed by atoms with Gasteiger partial charge in [0.15, 0.2) is 22.0 Å². The highest BCUT2D eigenvalue weighted by Gasteiger charge is 2.54. The van der Waals surface area contributed by atoms with Crippen LogP contribution in [0.4, 0.5) is 0 Å². The predicted octanol–water partition coefficient (Wildman–Crippen LogP) is -3.18. The van der Waals surface area contributed by atoms with E-state index in [1.807, 2.05) is 22.6 Å². The number of halogens is 2. The van der Waals surface area contributed by atoms with Crippen molar-refractivity contribution in [3.05, 3.63) is 21.3 Å². The van der Waals surface area contributed by atoms with Crippen molar-refractivity contribution in [1.29, 1.82) is 0 Å². The lowest BCUT2D eigenvalue weighted by Crippen LogP contribution is -2.48. The maximum Gasteiger partial charge on any atom is 0.330 e. The minimum atomic E-state index is -1.95. The zero-order valence-corrected chi connectivity index (χ0v) is 15.5. The molecule has 3 aliphatic rings. The first kappa shape index (κ1) is 18.1. The van der Waals surface area contributed by atoms with E-state index in [9.17, 15) is 14.1 Å². The molecule has 0 saturated carbocycles. The van der Waals surface area contributed by atoms with Gasteiger partial charge in [-0.05, 0) is 22.6 Å². The molecule has 5 N–H and O–H groups in total. The molecular weight excluding hydrogens is 481 g/mol. The van der Waals surface area contributed by atoms with Gasteiger partial charge in [0, 0.05) is 0 Å². The second kappa shape index (κ2) is 6.54. The van der Waals surface area contributed by atoms with E-state index in [0.717, 1.165) is 0 Å². The Bertz CT molecular complexity index is 859. The fourth-order valence-electron chi connectivity index (χ4n) is 2.82. The standard InChI is InChI=1S/C10H12IN5O6S.ClH/c11-9-14-6(12)3-7(15-9)16(10(18)13-3)8-5-4(2(1-17)20-8)21-23(19)22-5;/h2,4-5,8-9,14,17H,1,12H2,(H,13,18);1H/t2-,4-,5-,8-,9?,23?;/m1./s1. The van der Waals surface area contributed by atoms with Crippen molar-refractivity contribution in [2.75, 3.05) is 6.61 Å². The van der Waals surface area contributed by atoms with Gasteiger partial charge in [-0.25, -0.2) is 14.4 Å². The van der Waals surface area contributed by atoms with E-state index < -0.39 is 41.6 Å². The van der Waals surface area contributed by atoms with Crippen LogP contribution in [-0.2, 0) is 24.5 Å².